The zero-order valence-corrected chi connectivity index (χ0v) is 13.5. The van der Waals surface area contributed by atoms with Gasteiger partial charge >= 0.3 is 0 Å². The highest BCUT2D eigenvalue weighted by Crippen LogP contribution is 2.24. The van der Waals surface area contributed by atoms with Gasteiger partial charge in [-0.3, -0.25) is 9.59 Å². The second-order valence-electron chi connectivity index (χ2n) is 5.95. The first kappa shape index (κ1) is 16.1. The van der Waals surface area contributed by atoms with Crippen LogP contribution >= 0.6 is 0 Å². The second-order valence-corrected chi connectivity index (χ2v) is 5.95. The van der Waals surface area contributed by atoms with Gasteiger partial charge in [0, 0.05) is 36.4 Å². The fourth-order valence-corrected chi connectivity index (χ4v) is 2.91. The zero-order valence-electron chi connectivity index (χ0n) is 13.5. The molecule has 0 saturated carbocycles. The molecular weight excluding hydrogens is 302 g/mol. The third kappa shape index (κ3) is 3.74. The Balaban J connectivity index is 1.60. The molecule has 0 atom stereocenters. The van der Waals surface area contributed by atoms with Crippen LogP contribution in [0.5, 0.6) is 0 Å². The van der Waals surface area contributed by atoms with Crippen molar-refractivity contribution in [3.8, 4) is 0 Å². The Morgan fingerprint density at radius 3 is 2.75 bits per heavy atom. The lowest BCUT2D eigenvalue weighted by molar-refractivity contribution is -0.117. The number of carbonyl (C=O) groups excluding carboxylic acids is 2. The van der Waals surface area contributed by atoms with Gasteiger partial charge in [-0.25, -0.2) is 0 Å². The molecule has 1 heterocycles. The first-order chi connectivity index (χ1) is 11.6. The van der Waals surface area contributed by atoms with Crippen molar-refractivity contribution in [2.75, 3.05) is 22.5 Å². The highest BCUT2D eigenvalue weighted by Gasteiger charge is 2.21. The molecule has 2 aromatic carbocycles. The van der Waals surface area contributed by atoms with Crippen molar-refractivity contribution in [1.82, 2.24) is 0 Å². The smallest absolute Gasteiger partial charge is 0.227 e. The van der Waals surface area contributed by atoms with Gasteiger partial charge in [0.1, 0.15) is 0 Å². The molecule has 0 bridgehead atoms. The summed E-state index contributed by atoms with van der Waals surface area (Å²) in [6.45, 7) is 0.740. The number of anilines is 3. The highest BCUT2D eigenvalue weighted by molar-refractivity contribution is 5.97. The molecular formula is C19H21N3O2. The summed E-state index contributed by atoms with van der Waals surface area (Å²) in [5.41, 5.74) is 9.12. The number of amides is 2. The van der Waals surface area contributed by atoms with Crippen LogP contribution in [0.25, 0.3) is 0 Å². The normalized spacial score (nSPS) is 14.0. The molecule has 2 aromatic rings. The topological polar surface area (TPSA) is 75.4 Å². The van der Waals surface area contributed by atoms with Crippen LogP contribution in [0.4, 0.5) is 17.1 Å². The molecule has 0 unspecified atom stereocenters. The standard InChI is InChI=1S/C19H21N3O2/c20-17-8-2-1-5-14(17)10-11-18(23)21-15-6-3-7-16(13-15)22-12-4-9-19(22)24/h1-3,5-8,13H,4,9-12,20H2,(H,21,23). The Labute approximate surface area is 141 Å². The lowest BCUT2D eigenvalue weighted by atomic mass is 10.1. The summed E-state index contributed by atoms with van der Waals surface area (Å²) in [6.07, 6.45) is 2.44. The van der Waals surface area contributed by atoms with Crippen LogP contribution in [0.1, 0.15) is 24.8 Å². The van der Waals surface area contributed by atoms with Crippen LogP contribution in [0.2, 0.25) is 0 Å². The van der Waals surface area contributed by atoms with E-state index in [1.54, 1.807) is 4.90 Å². The third-order valence-electron chi connectivity index (χ3n) is 4.19. The number of rotatable bonds is 5. The zero-order chi connectivity index (χ0) is 16.9. The second kappa shape index (κ2) is 7.17. The number of carbonyl (C=O) groups is 2. The fourth-order valence-electron chi connectivity index (χ4n) is 2.91. The van der Waals surface area contributed by atoms with Crippen molar-refractivity contribution < 1.29 is 9.59 Å². The molecule has 0 radical (unpaired) electrons. The Hall–Kier alpha value is -2.82. The molecule has 5 heteroatoms. The number of hydrogen-bond donors (Lipinski definition) is 2. The van der Waals surface area contributed by atoms with E-state index in [1.165, 1.54) is 0 Å². The predicted octanol–water partition coefficient (Wildman–Crippen LogP) is 2.97. The number of para-hydroxylation sites is 1. The minimum absolute atomic E-state index is 0.0665. The van der Waals surface area contributed by atoms with Crippen LogP contribution in [0, 0.1) is 0 Å². The van der Waals surface area contributed by atoms with Gasteiger partial charge in [0.15, 0.2) is 0 Å². The largest absolute Gasteiger partial charge is 0.399 e. The highest BCUT2D eigenvalue weighted by atomic mass is 16.2. The van der Waals surface area contributed by atoms with Crippen molar-refractivity contribution >= 4 is 28.9 Å². The molecule has 1 aliphatic heterocycles. The fraction of sp³-hybridized carbons (Fsp3) is 0.263. The van der Waals surface area contributed by atoms with E-state index in [0.717, 1.165) is 24.2 Å². The van der Waals surface area contributed by atoms with Crippen LogP contribution in [0.3, 0.4) is 0 Å². The average molecular weight is 323 g/mol. The summed E-state index contributed by atoms with van der Waals surface area (Å²) >= 11 is 0. The van der Waals surface area contributed by atoms with E-state index in [9.17, 15) is 9.59 Å². The number of nitrogens with zero attached hydrogens (tertiary/aromatic N) is 1. The van der Waals surface area contributed by atoms with Crippen molar-refractivity contribution in [2.45, 2.75) is 25.7 Å². The molecule has 1 aliphatic rings. The molecule has 3 rings (SSSR count). The maximum atomic E-state index is 12.2. The number of hydrogen-bond acceptors (Lipinski definition) is 3. The minimum Gasteiger partial charge on any atom is -0.399 e. The van der Waals surface area contributed by atoms with Gasteiger partial charge < -0.3 is 16.0 Å². The quantitative estimate of drug-likeness (QED) is 0.831. The van der Waals surface area contributed by atoms with E-state index in [-0.39, 0.29) is 11.8 Å². The maximum absolute atomic E-state index is 12.2. The van der Waals surface area contributed by atoms with E-state index in [0.29, 0.717) is 30.6 Å². The monoisotopic (exact) mass is 323 g/mol. The van der Waals surface area contributed by atoms with Gasteiger partial charge in [-0.1, -0.05) is 24.3 Å². The van der Waals surface area contributed by atoms with E-state index in [1.807, 2.05) is 48.5 Å². The van der Waals surface area contributed by atoms with Gasteiger partial charge in [-0.05, 0) is 42.7 Å². The van der Waals surface area contributed by atoms with Crippen LogP contribution < -0.4 is 16.0 Å². The number of nitrogens with one attached hydrogen (secondary N) is 1. The molecule has 1 fully saturated rings. The first-order valence-electron chi connectivity index (χ1n) is 8.17. The molecule has 1 saturated heterocycles. The third-order valence-corrected chi connectivity index (χ3v) is 4.19. The molecule has 2 amide bonds. The Morgan fingerprint density at radius 1 is 1.17 bits per heavy atom. The van der Waals surface area contributed by atoms with Gasteiger partial charge in [-0.15, -0.1) is 0 Å². The van der Waals surface area contributed by atoms with Crippen LogP contribution in [-0.2, 0) is 16.0 Å². The summed E-state index contributed by atoms with van der Waals surface area (Å²) < 4.78 is 0. The summed E-state index contributed by atoms with van der Waals surface area (Å²) in [5, 5.41) is 2.89. The molecule has 5 nitrogen and oxygen atoms in total. The lowest BCUT2D eigenvalue weighted by Gasteiger charge is -2.16. The number of benzene rings is 2. The Morgan fingerprint density at radius 2 is 2.00 bits per heavy atom. The van der Waals surface area contributed by atoms with Crippen LogP contribution in [-0.4, -0.2) is 18.4 Å². The summed E-state index contributed by atoms with van der Waals surface area (Å²) in [7, 11) is 0. The predicted molar refractivity (Wildman–Crippen MR) is 95.8 cm³/mol. The van der Waals surface area contributed by atoms with Gasteiger partial charge in [0.05, 0.1) is 0 Å². The van der Waals surface area contributed by atoms with Crippen molar-refractivity contribution in [3.05, 3.63) is 54.1 Å². The maximum Gasteiger partial charge on any atom is 0.227 e. The van der Waals surface area contributed by atoms with Crippen LogP contribution in [0.15, 0.2) is 48.5 Å². The van der Waals surface area contributed by atoms with E-state index >= 15 is 0 Å². The van der Waals surface area contributed by atoms with E-state index in [2.05, 4.69) is 5.32 Å². The Bertz CT molecular complexity index is 758. The molecule has 0 aromatic heterocycles. The number of nitrogen functional groups attached to an aromatic ring is 1. The summed E-state index contributed by atoms with van der Waals surface area (Å²) in [5.74, 6) is 0.0705. The molecule has 124 valence electrons. The van der Waals surface area contributed by atoms with Gasteiger partial charge in [0.2, 0.25) is 11.8 Å². The van der Waals surface area contributed by atoms with Crippen molar-refractivity contribution in [1.29, 1.82) is 0 Å². The molecule has 0 spiro atoms. The average Bonchev–Trinajstić information content (AvgIpc) is 3.00. The summed E-state index contributed by atoms with van der Waals surface area (Å²) in [6, 6.07) is 15.0. The van der Waals surface area contributed by atoms with E-state index < -0.39 is 0 Å². The molecule has 3 N–H and O–H groups in total. The Kier molecular flexibility index (Phi) is 4.79. The summed E-state index contributed by atoms with van der Waals surface area (Å²) in [4.78, 5) is 25.8. The number of nitrogens with two attached hydrogens (primary N) is 1. The number of aryl methyl sites for hydroxylation is 1. The first-order valence-corrected chi connectivity index (χ1v) is 8.17. The van der Waals surface area contributed by atoms with E-state index in [4.69, 9.17) is 5.73 Å². The van der Waals surface area contributed by atoms with Crippen molar-refractivity contribution in [2.24, 2.45) is 0 Å². The van der Waals surface area contributed by atoms with Crippen molar-refractivity contribution in [3.63, 3.8) is 0 Å². The van der Waals surface area contributed by atoms with Gasteiger partial charge in [0.25, 0.3) is 0 Å². The molecule has 24 heavy (non-hydrogen) atoms. The minimum atomic E-state index is -0.0665. The van der Waals surface area contributed by atoms with Gasteiger partial charge in [-0.2, -0.15) is 0 Å². The lowest BCUT2D eigenvalue weighted by Crippen LogP contribution is -2.23. The SMILES string of the molecule is Nc1ccccc1CCC(=O)Nc1cccc(N2CCCC2=O)c1. The molecule has 0 aliphatic carbocycles.